The molecule has 0 aliphatic carbocycles. The molecule has 0 saturated heterocycles. The topological polar surface area (TPSA) is 62.7 Å². The van der Waals surface area contributed by atoms with Crippen LogP contribution in [0.15, 0.2) is 60.9 Å². The molecule has 1 aromatic carbocycles. The molecule has 0 saturated carbocycles. The highest BCUT2D eigenvalue weighted by molar-refractivity contribution is 5.40. The fourth-order valence-corrected chi connectivity index (χ4v) is 2.23. The molecule has 116 valence electrons. The van der Waals surface area contributed by atoms with Crippen molar-refractivity contribution in [3.05, 3.63) is 77.7 Å². The van der Waals surface area contributed by atoms with Gasteiger partial charge >= 0.3 is 0 Å². The van der Waals surface area contributed by atoms with Crippen LogP contribution in [0.1, 0.15) is 16.8 Å². The van der Waals surface area contributed by atoms with Gasteiger partial charge in [-0.15, -0.1) is 0 Å². The Bertz CT molecular complexity index is 758. The maximum atomic E-state index is 4.46. The van der Waals surface area contributed by atoms with Crippen LogP contribution in [-0.2, 0) is 13.1 Å². The molecule has 0 aliphatic heterocycles. The van der Waals surface area contributed by atoms with Crippen LogP contribution in [0.4, 0.5) is 11.8 Å². The molecule has 2 N–H and O–H groups in total. The van der Waals surface area contributed by atoms with E-state index in [1.807, 2.05) is 24.3 Å². The number of nitrogens with zero attached hydrogens (tertiary/aromatic N) is 3. The van der Waals surface area contributed by atoms with Gasteiger partial charge < -0.3 is 10.6 Å². The molecule has 2 heterocycles. The van der Waals surface area contributed by atoms with E-state index in [1.54, 1.807) is 12.4 Å². The lowest BCUT2D eigenvalue weighted by Gasteiger charge is -2.08. The molecular weight excluding hydrogens is 286 g/mol. The lowest BCUT2D eigenvalue weighted by molar-refractivity contribution is 1.01. The quantitative estimate of drug-likeness (QED) is 0.731. The molecular formula is C18H19N5. The van der Waals surface area contributed by atoms with E-state index in [2.05, 4.69) is 56.8 Å². The zero-order chi connectivity index (χ0) is 15.9. The monoisotopic (exact) mass is 305 g/mol. The fraction of sp³-hybridized carbons (Fsp3) is 0.167. The first kappa shape index (κ1) is 15.0. The second-order valence-corrected chi connectivity index (χ2v) is 5.28. The van der Waals surface area contributed by atoms with Crippen molar-refractivity contribution in [2.24, 2.45) is 0 Å². The lowest BCUT2D eigenvalue weighted by atomic mass is 10.1. The van der Waals surface area contributed by atoms with Crippen molar-refractivity contribution < 1.29 is 0 Å². The first-order valence-electron chi connectivity index (χ1n) is 7.56. The maximum Gasteiger partial charge on any atom is 0.224 e. The lowest BCUT2D eigenvalue weighted by Crippen LogP contribution is -2.07. The standard InChI is InChI=1S/C18H19N5/c1-14-5-4-6-15(11-14)12-22-18-20-10-8-17(23-18)21-13-16-7-2-3-9-19-16/h2-11H,12-13H2,1H3,(H2,20,21,22,23). The van der Waals surface area contributed by atoms with E-state index in [9.17, 15) is 0 Å². The van der Waals surface area contributed by atoms with E-state index in [0.717, 1.165) is 11.5 Å². The summed E-state index contributed by atoms with van der Waals surface area (Å²) in [7, 11) is 0. The molecule has 2 aromatic heterocycles. The minimum absolute atomic E-state index is 0.609. The Morgan fingerprint density at radius 1 is 0.870 bits per heavy atom. The fourth-order valence-electron chi connectivity index (χ4n) is 2.23. The van der Waals surface area contributed by atoms with Crippen molar-refractivity contribution in [3.63, 3.8) is 0 Å². The summed E-state index contributed by atoms with van der Waals surface area (Å²) in [4.78, 5) is 13.0. The Morgan fingerprint density at radius 3 is 2.65 bits per heavy atom. The Balaban J connectivity index is 1.59. The summed E-state index contributed by atoms with van der Waals surface area (Å²) >= 11 is 0. The van der Waals surface area contributed by atoms with Crippen LogP contribution in [0.5, 0.6) is 0 Å². The van der Waals surface area contributed by atoms with Crippen LogP contribution in [0, 0.1) is 6.92 Å². The van der Waals surface area contributed by atoms with Gasteiger partial charge in [-0.05, 0) is 30.7 Å². The van der Waals surface area contributed by atoms with Crippen molar-refractivity contribution in [1.82, 2.24) is 15.0 Å². The van der Waals surface area contributed by atoms with Crippen molar-refractivity contribution in [3.8, 4) is 0 Å². The minimum atomic E-state index is 0.609. The Kier molecular flexibility index (Phi) is 4.79. The highest BCUT2D eigenvalue weighted by atomic mass is 15.1. The summed E-state index contributed by atoms with van der Waals surface area (Å²) in [6.45, 7) is 3.42. The van der Waals surface area contributed by atoms with E-state index in [0.29, 0.717) is 19.0 Å². The molecule has 0 unspecified atom stereocenters. The van der Waals surface area contributed by atoms with Gasteiger partial charge in [-0.25, -0.2) is 4.98 Å². The molecule has 5 heteroatoms. The van der Waals surface area contributed by atoms with Crippen LogP contribution in [0.3, 0.4) is 0 Å². The number of hydrogen-bond donors (Lipinski definition) is 2. The van der Waals surface area contributed by atoms with Crippen LogP contribution in [0.25, 0.3) is 0 Å². The molecule has 0 fully saturated rings. The summed E-state index contributed by atoms with van der Waals surface area (Å²) in [5, 5.41) is 6.50. The predicted octanol–water partition coefficient (Wildman–Crippen LogP) is 3.40. The number of hydrogen-bond acceptors (Lipinski definition) is 5. The van der Waals surface area contributed by atoms with Crippen LogP contribution in [0.2, 0.25) is 0 Å². The number of aryl methyl sites for hydroxylation is 1. The van der Waals surface area contributed by atoms with Gasteiger partial charge in [0, 0.05) is 18.9 Å². The molecule has 5 nitrogen and oxygen atoms in total. The van der Waals surface area contributed by atoms with Gasteiger partial charge in [0.15, 0.2) is 0 Å². The zero-order valence-electron chi connectivity index (χ0n) is 13.0. The molecule has 0 atom stereocenters. The minimum Gasteiger partial charge on any atom is -0.364 e. The largest absolute Gasteiger partial charge is 0.364 e. The van der Waals surface area contributed by atoms with E-state index in [-0.39, 0.29) is 0 Å². The summed E-state index contributed by atoms with van der Waals surface area (Å²) in [6.07, 6.45) is 3.53. The first-order chi connectivity index (χ1) is 11.3. The normalized spacial score (nSPS) is 10.3. The molecule has 3 rings (SSSR count). The molecule has 0 spiro atoms. The molecule has 0 radical (unpaired) electrons. The average molecular weight is 305 g/mol. The Hall–Kier alpha value is -2.95. The van der Waals surface area contributed by atoms with Crippen LogP contribution in [-0.4, -0.2) is 15.0 Å². The van der Waals surface area contributed by atoms with E-state index >= 15 is 0 Å². The molecule has 0 aliphatic rings. The van der Waals surface area contributed by atoms with Crippen molar-refractivity contribution in [1.29, 1.82) is 0 Å². The zero-order valence-corrected chi connectivity index (χ0v) is 13.0. The molecule has 0 amide bonds. The third-order valence-electron chi connectivity index (χ3n) is 3.37. The van der Waals surface area contributed by atoms with Gasteiger partial charge in [0.25, 0.3) is 0 Å². The SMILES string of the molecule is Cc1cccc(CNc2nccc(NCc3ccccn3)n2)c1. The van der Waals surface area contributed by atoms with Crippen molar-refractivity contribution >= 4 is 11.8 Å². The maximum absolute atomic E-state index is 4.46. The Morgan fingerprint density at radius 2 is 1.83 bits per heavy atom. The second kappa shape index (κ2) is 7.35. The van der Waals surface area contributed by atoms with Crippen molar-refractivity contribution in [2.75, 3.05) is 10.6 Å². The highest BCUT2D eigenvalue weighted by Gasteiger charge is 2.00. The van der Waals surface area contributed by atoms with Gasteiger partial charge in [0.05, 0.1) is 12.2 Å². The highest BCUT2D eigenvalue weighted by Crippen LogP contribution is 2.10. The van der Waals surface area contributed by atoms with Gasteiger partial charge in [-0.3, -0.25) is 4.98 Å². The van der Waals surface area contributed by atoms with Crippen LogP contribution >= 0.6 is 0 Å². The third-order valence-corrected chi connectivity index (χ3v) is 3.37. The average Bonchev–Trinajstić information content (AvgIpc) is 2.60. The number of rotatable bonds is 6. The number of anilines is 2. The summed E-state index contributed by atoms with van der Waals surface area (Å²) in [5.41, 5.74) is 3.43. The first-order valence-corrected chi connectivity index (χ1v) is 7.56. The number of aromatic nitrogens is 3. The number of benzene rings is 1. The van der Waals surface area contributed by atoms with Gasteiger partial charge in [-0.1, -0.05) is 35.9 Å². The van der Waals surface area contributed by atoms with Crippen LogP contribution < -0.4 is 10.6 Å². The summed E-state index contributed by atoms with van der Waals surface area (Å²) < 4.78 is 0. The molecule has 3 aromatic rings. The summed E-state index contributed by atoms with van der Waals surface area (Å²) in [5.74, 6) is 1.38. The van der Waals surface area contributed by atoms with Gasteiger partial charge in [0.2, 0.25) is 5.95 Å². The number of pyridine rings is 1. The summed E-state index contributed by atoms with van der Waals surface area (Å²) in [6, 6.07) is 16.1. The van der Waals surface area contributed by atoms with E-state index < -0.39 is 0 Å². The smallest absolute Gasteiger partial charge is 0.224 e. The second-order valence-electron chi connectivity index (χ2n) is 5.28. The Labute approximate surface area is 135 Å². The van der Waals surface area contributed by atoms with E-state index in [4.69, 9.17) is 0 Å². The van der Waals surface area contributed by atoms with Gasteiger partial charge in [0.1, 0.15) is 5.82 Å². The molecule has 23 heavy (non-hydrogen) atoms. The third kappa shape index (κ3) is 4.51. The molecule has 0 bridgehead atoms. The van der Waals surface area contributed by atoms with E-state index in [1.165, 1.54) is 11.1 Å². The number of nitrogens with one attached hydrogen (secondary N) is 2. The predicted molar refractivity (Wildman–Crippen MR) is 92.1 cm³/mol. The van der Waals surface area contributed by atoms with Crippen molar-refractivity contribution in [2.45, 2.75) is 20.0 Å². The van der Waals surface area contributed by atoms with Gasteiger partial charge in [-0.2, -0.15) is 4.98 Å².